The van der Waals surface area contributed by atoms with Crippen molar-refractivity contribution in [3.63, 3.8) is 0 Å². The molecule has 3 rings (SSSR count). The van der Waals surface area contributed by atoms with E-state index in [0.29, 0.717) is 24.1 Å². The summed E-state index contributed by atoms with van der Waals surface area (Å²) in [6, 6.07) is 5.28. The zero-order chi connectivity index (χ0) is 14.8. The third-order valence-electron chi connectivity index (χ3n) is 3.62. The summed E-state index contributed by atoms with van der Waals surface area (Å²) in [6.07, 6.45) is 2.21. The number of hydrogen-bond donors (Lipinski definition) is 1. The molecule has 1 amide bonds. The minimum Gasteiger partial charge on any atom is -0.491 e. The first-order chi connectivity index (χ1) is 10.1. The monoisotopic (exact) mass is 307 g/mol. The number of rotatable bonds is 3. The lowest BCUT2D eigenvalue weighted by atomic mass is 10.2. The molecule has 21 heavy (non-hydrogen) atoms. The van der Waals surface area contributed by atoms with Gasteiger partial charge < -0.3 is 14.7 Å². The third kappa shape index (κ3) is 2.85. The predicted octanol–water partition coefficient (Wildman–Crippen LogP) is 2.80. The largest absolute Gasteiger partial charge is 0.491 e. The Morgan fingerprint density at radius 3 is 3.14 bits per heavy atom. The van der Waals surface area contributed by atoms with Crippen molar-refractivity contribution in [1.29, 1.82) is 0 Å². The molecule has 0 aliphatic carbocycles. The van der Waals surface area contributed by atoms with E-state index in [1.54, 1.807) is 12.1 Å². The molecule has 0 radical (unpaired) electrons. The molecule has 1 atom stereocenters. The Morgan fingerprint density at radius 1 is 1.48 bits per heavy atom. The lowest BCUT2D eigenvalue weighted by Gasteiger charge is -2.21. The van der Waals surface area contributed by atoms with Gasteiger partial charge in [0.2, 0.25) is 0 Å². The molecule has 1 fully saturated rings. The number of likely N-dealkylation sites (tertiary alicyclic amines) is 1. The van der Waals surface area contributed by atoms with Gasteiger partial charge in [-0.2, -0.15) is 0 Å². The quantitative estimate of drug-likeness (QED) is 0.882. The smallest absolute Gasteiger partial charge is 0.407 e. The van der Waals surface area contributed by atoms with Gasteiger partial charge in [-0.3, -0.25) is 0 Å². The number of carbonyl (C=O) groups is 1. The average molecular weight is 308 g/mol. The van der Waals surface area contributed by atoms with Crippen molar-refractivity contribution in [2.24, 2.45) is 0 Å². The minimum absolute atomic E-state index is 0.0966. The summed E-state index contributed by atoms with van der Waals surface area (Å²) in [7, 11) is 0. The highest BCUT2D eigenvalue weighted by atomic mass is 35.5. The highest BCUT2D eigenvalue weighted by molar-refractivity contribution is 6.34. The molecular formula is C14H14ClN3O3. The molecule has 1 aromatic heterocycles. The number of fused-ring (bicyclic) bond motifs is 1. The summed E-state index contributed by atoms with van der Waals surface area (Å²) >= 11 is 6.03. The molecule has 2 heterocycles. The van der Waals surface area contributed by atoms with Crippen molar-refractivity contribution >= 4 is 28.6 Å². The molecule has 7 heteroatoms. The summed E-state index contributed by atoms with van der Waals surface area (Å²) in [5.41, 5.74) is 0.746. The molecule has 0 unspecified atom stereocenters. The van der Waals surface area contributed by atoms with E-state index in [4.69, 9.17) is 21.4 Å². The van der Waals surface area contributed by atoms with Gasteiger partial charge >= 0.3 is 6.09 Å². The van der Waals surface area contributed by atoms with Crippen molar-refractivity contribution in [1.82, 2.24) is 14.9 Å². The van der Waals surface area contributed by atoms with Crippen LogP contribution in [-0.2, 0) is 0 Å². The topological polar surface area (TPSA) is 75.5 Å². The molecular weight excluding hydrogens is 294 g/mol. The molecule has 0 saturated carbocycles. The minimum atomic E-state index is -0.893. The zero-order valence-corrected chi connectivity index (χ0v) is 12.0. The lowest BCUT2D eigenvalue weighted by molar-refractivity contribution is 0.123. The van der Waals surface area contributed by atoms with Gasteiger partial charge in [0.1, 0.15) is 23.8 Å². The number of aromatic nitrogens is 2. The Bertz CT molecular complexity index is 680. The zero-order valence-electron chi connectivity index (χ0n) is 11.2. The van der Waals surface area contributed by atoms with Crippen LogP contribution in [-0.4, -0.2) is 45.3 Å². The number of carboxylic acid groups (broad SMARTS) is 1. The first-order valence-electron chi connectivity index (χ1n) is 6.68. The maximum atomic E-state index is 11.1. The number of benzene rings is 1. The average Bonchev–Trinajstić information content (AvgIpc) is 2.94. The maximum absolute atomic E-state index is 11.1. The van der Waals surface area contributed by atoms with Crippen molar-refractivity contribution < 1.29 is 14.6 Å². The lowest BCUT2D eigenvalue weighted by Crippen LogP contribution is -2.37. The molecule has 1 aliphatic heterocycles. The van der Waals surface area contributed by atoms with Crippen molar-refractivity contribution in [2.45, 2.75) is 18.9 Å². The molecule has 2 aromatic rings. The van der Waals surface area contributed by atoms with Crippen LogP contribution in [0.4, 0.5) is 4.79 Å². The number of nitrogens with zero attached hydrogens (tertiary/aromatic N) is 3. The van der Waals surface area contributed by atoms with Gasteiger partial charge in [-0.05, 0) is 31.0 Å². The fraction of sp³-hybridized carbons (Fsp3) is 0.357. The van der Waals surface area contributed by atoms with Crippen LogP contribution in [0.15, 0.2) is 24.5 Å². The van der Waals surface area contributed by atoms with Crippen LogP contribution < -0.4 is 4.74 Å². The van der Waals surface area contributed by atoms with Gasteiger partial charge in [0.15, 0.2) is 0 Å². The van der Waals surface area contributed by atoms with Crippen molar-refractivity contribution in [3.8, 4) is 5.75 Å². The van der Waals surface area contributed by atoms with Crippen LogP contribution in [0.5, 0.6) is 5.75 Å². The van der Waals surface area contributed by atoms with Crippen LogP contribution in [0.25, 0.3) is 10.9 Å². The number of hydrogen-bond acceptors (Lipinski definition) is 4. The van der Waals surface area contributed by atoms with Gasteiger partial charge in [-0.25, -0.2) is 14.8 Å². The highest BCUT2D eigenvalue weighted by Crippen LogP contribution is 2.25. The SMILES string of the molecule is O=C(O)N1CCC[C@H]1COc1ccc2ncnc(Cl)c2c1. The highest BCUT2D eigenvalue weighted by Gasteiger charge is 2.28. The fourth-order valence-electron chi connectivity index (χ4n) is 2.55. The molecule has 1 aromatic carbocycles. The number of ether oxygens (including phenoxy) is 1. The summed E-state index contributed by atoms with van der Waals surface area (Å²) in [5, 5.41) is 10.2. The fourth-order valence-corrected chi connectivity index (χ4v) is 2.74. The maximum Gasteiger partial charge on any atom is 0.407 e. The van der Waals surface area contributed by atoms with Crippen molar-refractivity contribution in [2.75, 3.05) is 13.2 Å². The Labute approximate surface area is 126 Å². The first kappa shape index (κ1) is 13.9. The van der Waals surface area contributed by atoms with E-state index < -0.39 is 6.09 Å². The summed E-state index contributed by atoms with van der Waals surface area (Å²) in [4.78, 5) is 20.6. The summed E-state index contributed by atoms with van der Waals surface area (Å²) < 4.78 is 5.71. The summed E-state index contributed by atoms with van der Waals surface area (Å²) in [6.45, 7) is 0.907. The Morgan fingerprint density at radius 2 is 2.33 bits per heavy atom. The molecule has 6 nitrogen and oxygen atoms in total. The standard InChI is InChI=1S/C14H14ClN3O3/c15-13-11-6-10(3-4-12(11)16-8-17-13)21-7-9-2-1-5-18(9)14(19)20/h3-4,6,8-9H,1-2,5,7H2,(H,19,20)/t9-/m0/s1. The predicted molar refractivity (Wildman–Crippen MR) is 77.8 cm³/mol. The molecule has 1 saturated heterocycles. The second-order valence-electron chi connectivity index (χ2n) is 4.93. The van der Waals surface area contributed by atoms with E-state index in [1.807, 2.05) is 6.07 Å². The van der Waals surface area contributed by atoms with Gasteiger partial charge in [0.05, 0.1) is 11.6 Å². The Balaban J connectivity index is 1.73. The van der Waals surface area contributed by atoms with Crippen LogP contribution in [0.1, 0.15) is 12.8 Å². The van der Waals surface area contributed by atoms with Gasteiger partial charge in [-0.1, -0.05) is 11.6 Å². The van der Waals surface area contributed by atoms with Gasteiger partial charge in [0.25, 0.3) is 0 Å². The van der Waals surface area contributed by atoms with Crippen LogP contribution in [0.2, 0.25) is 5.15 Å². The number of halogens is 1. The van der Waals surface area contributed by atoms with Crippen LogP contribution in [0.3, 0.4) is 0 Å². The van der Waals surface area contributed by atoms with E-state index in [2.05, 4.69) is 9.97 Å². The molecule has 1 aliphatic rings. The van der Waals surface area contributed by atoms with E-state index in [9.17, 15) is 4.79 Å². The molecule has 0 spiro atoms. The molecule has 0 bridgehead atoms. The first-order valence-corrected chi connectivity index (χ1v) is 7.05. The van der Waals surface area contributed by atoms with Crippen LogP contribution in [0, 0.1) is 0 Å². The Kier molecular flexibility index (Phi) is 3.79. The normalized spacial score (nSPS) is 18.1. The van der Waals surface area contributed by atoms with E-state index in [0.717, 1.165) is 23.7 Å². The Hall–Kier alpha value is -2.08. The molecule has 110 valence electrons. The van der Waals surface area contributed by atoms with Gasteiger partial charge in [0, 0.05) is 11.9 Å². The third-order valence-corrected chi connectivity index (χ3v) is 3.92. The second-order valence-corrected chi connectivity index (χ2v) is 5.28. The van der Waals surface area contributed by atoms with Crippen molar-refractivity contribution in [3.05, 3.63) is 29.7 Å². The second kappa shape index (κ2) is 5.73. The van der Waals surface area contributed by atoms with E-state index >= 15 is 0 Å². The summed E-state index contributed by atoms with van der Waals surface area (Å²) in [5.74, 6) is 0.636. The van der Waals surface area contributed by atoms with Gasteiger partial charge in [-0.15, -0.1) is 0 Å². The number of amides is 1. The van der Waals surface area contributed by atoms with E-state index in [1.165, 1.54) is 11.2 Å². The van der Waals surface area contributed by atoms with E-state index in [-0.39, 0.29) is 6.04 Å². The molecule has 1 N–H and O–H groups in total. The van der Waals surface area contributed by atoms with Crippen LogP contribution >= 0.6 is 11.6 Å².